The molecule has 1 rings (SSSR count). The van der Waals surface area contributed by atoms with Crippen LogP contribution in [0.15, 0.2) is 24.3 Å². The van der Waals surface area contributed by atoms with Crippen molar-refractivity contribution in [2.24, 2.45) is 0 Å². The fraction of sp³-hybridized carbons (Fsp3) is 0.417. The topological polar surface area (TPSA) is 75.8 Å². The molecule has 0 saturated carbocycles. The van der Waals surface area contributed by atoms with Crippen LogP contribution in [0.4, 0.5) is 11.4 Å². The van der Waals surface area contributed by atoms with E-state index in [0.717, 1.165) is 5.69 Å². The van der Waals surface area contributed by atoms with Crippen LogP contribution >= 0.6 is 0 Å². The molecule has 17 heavy (non-hydrogen) atoms. The summed E-state index contributed by atoms with van der Waals surface area (Å²) in [6.45, 7) is 2.25. The number of hydrogen-bond acceptors (Lipinski definition) is 4. The summed E-state index contributed by atoms with van der Waals surface area (Å²) in [6.07, 6.45) is 0. The summed E-state index contributed by atoms with van der Waals surface area (Å²) >= 11 is 0. The Balaban J connectivity index is 2.97. The largest absolute Gasteiger partial charge is 0.480 e. The van der Waals surface area contributed by atoms with Gasteiger partial charge < -0.3 is 20.5 Å². The van der Waals surface area contributed by atoms with E-state index in [2.05, 4.69) is 0 Å². The molecule has 0 aromatic heterocycles. The van der Waals surface area contributed by atoms with Crippen LogP contribution in [0, 0.1) is 0 Å². The minimum atomic E-state index is -0.892. The Morgan fingerprint density at radius 2 is 2.18 bits per heavy atom. The molecule has 0 radical (unpaired) electrons. The summed E-state index contributed by atoms with van der Waals surface area (Å²) in [4.78, 5) is 12.6. The molecule has 0 aliphatic carbocycles. The Morgan fingerprint density at radius 1 is 1.53 bits per heavy atom. The summed E-state index contributed by atoms with van der Waals surface area (Å²) in [7, 11) is 1.59. The zero-order valence-electron chi connectivity index (χ0n) is 10.1. The first-order chi connectivity index (χ1) is 8.06. The van der Waals surface area contributed by atoms with Gasteiger partial charge in [0.1, 0.15) is 6.54 Å². The van der Waals surface area contributed by atoms with Crippen molar-refractivity contribution in [2.75, 3.05) is 30.9 Å². The predicted octanol–water partition coefficient (Wildman–Crippen LogP) is 1.19. The van der Waals surface area contributed by atoms with E-state index in [1.165, 1.54) is 0 Å². The highest BCUT2D eigenvalue weighted by molar-refractivity contribution is 5.77. The lowest BCUT2D eigenvalue weighted by Gasteiger charge is -2.30. The van der Waals surface area contributed by atoms with Gasteiger partial charge in [0.15, 0.2) is 0 Å². The lowest BCUT2D eigenvalue weighted by Crippen LogP contribution is -2.40. The number of nitrogens with zero attached hydrogens (tertiary/aromatic N) is 1. The van der Waals surface area contributed by atoms with E-state index in [1.807, 2.05) is 25.1 Å². The van der Waals surface area contributed by atoms with Crippen LogP contribution in [-0.4, -0.2) is 37.4 Å². The Labute approximate surface area is 101 Å². The number of benzene rings is 1. The Morgan fingerprint density at radius 3 is 2.71 bits per heavy atom. The van der Waals surface area contributed by atoms with E-state index in [1.54, 1.807) is 18.1 Å². The maximum absolute atomic E-state index is 10.9. The Kier molecular flexibility index (Phi) is 4.78. The maximum Gasteiger partial charge on any atom is 0.323 e. The number of carbonyl (C=O) groups is 1. The molecule has 1 unspecified atom stereocenters. The molecule has 0 aliphatic rings. The van der Waals surface area contributed by atoms with Gasteiger partial charge in [0.2, 0.25) is 0 Å². The van der Waals surface area contributed by atoms with Crippen LogP contribution < -0.4 is 10.6 Å². The second-order valence-electron chi connectivity index (χ2n) is 3.88. The number of nitrogen functional groups attached to an aromatic ring is 1. The van der Waals surface area contributed by atoms with Gasteiger partial charge in [-0.2, -0.15) is 0 Å². The van der Waals surface area contributed by atoms with Gasteiger partial charge in [-0.05, 0) is 19.1 Å². The van der Waals surface area contributed by atoms with E-state index in [-0.39, 0.29) is 12.6 Å². The van der Waals surface area contributed by atoms with Crippen LogP contribution in [0.3, 0.4) is 0 Å². The smallest absolute Gasteiger partial charge is 0.323 e. The quantitative estimate of drug-likeness (QED) is 0.728. The maximum atomic E-state index is 10.9. The summed E-state index contributed by atoms with van der Waals surface area (Å²) in [5.74, 6) is -0.892. The van der Waals surface area contributed by atoms with Crippen molar-refractivity contribution >= 4 is 17.3 Å². The summed E-state index contributed by atoms with van der Waals surface area (Å²) in [5.41, 5.74) is 7.14. The first-order valence-corrected chi connectivity index (χ1v) is 5.38. The van der Waals surface area contributed by atoms with Gasteiger partial charge in [0.05, 0.1) is 24.0 Å². The second kappa shape index (κ2) is 6.10. The van der Waals surface area contributed by atoms with E-state index in [4.69, 9.17) is 15.6 Å². The summed E-state index contributed by atoms with van der Waals surface area (Å²) < 4.78 is 5.05. The monoisotopic (exact) mass is 238 g/mol. The zero-order chi connectivity index (χ0) is 12.8. The number of para-hydroxylation sites is 2. The SMILES string of the molecule is COCC(C)N(CC(=O)O)c1ccccc1N. The number of hydrogen-bond donors (Lipinski definition) is 2. The van der Waals surface area contributed by atoms with Gasteiger partial charge in [-0.1, -0.05) is 12.1 Å². The molecule has 0 heterocycles. The van der Waals surface area contributed by atoms with Crippen LogP contribution in [0.1, 0.15) is 6.92 Å². The highest BCUT2D eigenvalue weighted by Gasteiger charge is 2.19. The molecular formula is C12H18N2O3. The van der Waals surface area contributed by atoms with Gasteiger partial charge in [-0.3, -0.25) is 4.79 Å². The number of aliphatic carboxylic acids is 1. The third kappa shape index (κ3) is 3.64. The third-order valence-corrected chi connectivity index (χ3v) is 2.49. The van der Waals surface area contributed by atoms with Crippen molar-refractivity contribution < 1.29 is 14.6 Å². The summed E-state index contributed by atoms with van der Waals surface area (Å²) in [6, 6.07) is 7.16. The zero-order valence-corrected chi connectivity index (χ0v) is 10.1. The molecular weight excluding hydrogens is 220 g/mol. The van der Waals surface area contributed by atoms with E-state index in [0.29, 0.717) is 12.3 Å². The molecule has 0 spiro atoms. The Hall–Kier alpha value is -1.75. The highest BCUT2D eigenvalue weighted by atomic mass is 16.5. The van der Waals surface area contributed by atoms with Crippen LogP contribution in [0.2, 0.25) is 0 Å². The molecule has 0 saturated heterocycles. The number of ether oxygens (including phenoxy) is 1. The average molecular weight is 238 g/mol. The molecule has 1 aromatic carbocycles. The standard InChI is InChI=1S/C12H18N2O3/c1-9(8-17-2)14(7-12(15)16)11-6-4-3-5-10(11)13/h3-6,9H,7-8,13H2,1-2H3,(H,15,16). The first kappa shape index (κ1) is 13.3. The molecule has 0 amide bonds. The van der Waals surface area contributed by atoms with Gasteiger partial charge in [-0.15, -0.1) is 0 Å². The van der Waals surface area contributed by atoms with Crippen molar-refractivity contribution in [3.8, 4) is 0 Å². The normalized spacial score (nSPS) is 12.1. The van der Waals surface area contributed by atoms with Crippen molar-refractivity contribution in [1.82, 2.24) is 0 Å². The fourth-order valence-corrected chi connectivity index (χ4v) is 1.70. The molecule has 5 nitrogen and oxygen atoms in total. The number of carboxylic acid groups (broad SMARTS) is 1. The van der Waals surface area contributed by atoms with Crippen molar-refractivity contribution in [1.29, 1.82) is 0 Å². The first-order valence-electron chi connectivity index (χ1n) is 5.38. The Bertz CT molecular complexity index is 382. The second-order valence-corrected chi connectivity index (χ2v) is 3.88. The molecule has 0 fully saturated rings. The van der Waals surface area contributed by atoms with E-state index < -0.39 is 5.97 Å². The lowest BCUT2D eigenvalue weighted by atomic mass is 10.2. The van der Waals surface area contributed by atoms with Gasteiger partial charge in [-0.25, -0.2) is 0 Å². The van der Waals surface area contributed by atoms with Crippen molar-refractivity contribution in [3.63, 3.8) is 0 Å². The predicted molar refractivity (Wildman–Crippen MR) is 67.2 cm³/mol. The summed E-state index contributed by atoms with van der Waals surface area (Å²) in [5, 5.41) is 8.93. The molecule has 94 valence electrons. The van der Waals surface area contributed by atoms with Gasteiger partial charge in [0, 0.05) is 7.11 Å². The molecule has 3 N–H and O–H groups in total. The molecule has 1 aromatic rings. The minimum absolute atomic E-state index is 0.0548. The molecule has 1 atom stereocenters. The van der Waals surface area contributed by atoms with Crippen LogP contribution in [0.25, 0.3) is 0 Å². The average Bonchev–Trinajstić information content (AvgIpc) is 2.27. The van der Waals surface area contributed by atoms with E-state index >= 15 is 0 Å². The van der Waals surface area contributed by atoms with Gasteiger partial charge >= 0.3 is 5.97 Å². The molecule has 0 bridgehead atoms. The lowest BCUT2D eigenvalue weighted by molar-refractivity contribution is -0.135. The van der Waals surface area contributed by atoms with Crippen LogP contribution in [0.5, 0.6) is 0 Å². The third-order valence-electron chi connectivity index (χ3n) is 2.49. The molecule has 5 heteroatoms. The number of rotatable bonds is 6. The number of methoxy groups -OCH3 is 1. The van der Waals surface area contributed by atoms with Crippen molar-refractivity contribution in [2.45, 2.75) is 13.0 Å². The van der Waals surface area contributed by atoms with Crippen molar-refractivity contribution in [3.05, 3.63) is 24.3 Å². The number of carboxylic acids is 1. The fourth-order valence-electron chi connectivity index (χ4n) is 1.70. The van der Waals surface area contributed by atoms with E-state index in [9.17, 15) is 4.79 Å². The molecule has 0 aliphatic heterocycles. The highest BCUT2D eigenvalue weighted by Crippen LogP contribution is 2.24. The number of nitrogens with two attached hydrogens (primary N) is 1. The minimum Gasteiger partial charge on any atom is -0.480 e. The number of anilines is 2. The van der Waals surface area contributed by atoms with Gasteiger partial charge in [0.25, 0.3) is 0 Å². The van der Waals surface area contributed by atoms with Crippen LogP contribution in [-0.2, 0) is 9.53 Å².